The van der Waals surface area contributed by atoms with Crippen molar-refractivity contribution in [2.75, 3.05) is 20.0 Å². The predicted octanol–water partition coefficient (Wildman–Crippen LogP) is 3.90. The molecule has 35 heavy (non-hydrogen) atoms. The molecule has 1 heterocycles. The van der Waals surface area contributed by atoms with Crippen molar-refractivity contribution in [3.05, 3.63) is 101 Å². The van der Waals surface area contributed by atoms with Gasteiger partial charge in [0.25, 0.3) is 5.91 Å². The second kappa shape index (κ2) is 10.5. The third-order valence-corrected chi connectivity index (χ3v) is 5.39. The second-order valence-corrected chi connectivity index (χ2v) is 7.63. The number of nitrogen functional groups attached to an aromatic ring is 1. The maximum Gasteiger partial charge on any atom is 0.251 e. The molecule has 176 valence electrons. The van der Waals surface area contributed by atoms with E-state index in [0.717, 1.165) is 5.56 Å². The van der Waals surface area contributed by atoms with Gasteiger partial charge in [-0.25, -0.2) is 9.97 Å². The molecule has 4 aromatic rings. The number of carbonyl (C=O) groups excluding carboxylic acids is 2. The predicted molar refractivity (Wildman–Crippen MR) is 132 cm³/mol. The van der Waals surface area contributed by atoms with E-state index in [1.807, 2.05) is 30.3 Å². The maximum absolute atomic E-state index is 13.3. The van der Waals surface area contributed by atoms with Crippen LogP contribution >= 0.6 is 0 Å². The topological polar surface area (TPSA) is 116 Å². The van der Waals surface area contributed by atoms with Gasteiger partial charge in [0.05, 0.1) is 31.7 Å². The summed E-state index contributed by atoms with van der Waals surface area (Å²) in [5.41, 5.74) is 8.77. The number of nitrogens with one attached hydrogen (secondary N) is 1. The van der Waals surface area contributed by atoms with Gasteiger partial charge >= 0.3 is 0 Å². The van der Waals surface area contributed by atoms with Crippen molar-refractivity contribution in [3.63, 3.8) is 0 Å². The summed E-state index contributed by atoms with van der Waals surface area (Å²) in [7, 11) is 2.99. The van der Waals surface area contributed by atoms with Crippen LogP contribution in [-0.2, 0) is 6.54 Å². The fourth-order valence-electron chi connectivity index (χ4n) is 3.52. The van der Waals surface area contributed by atoms with Crippen LogP contribution in [-0.4, -0.2) is 35.9 Å². The third kappa shape index (κ3) is 5.27. The van der Waals surface area contributed by atoms with Crippen molar-refractivity contribution in [2.45, 2.75) is 6.54 Å². The van der Waals surface area contributed by atoms with E-state index in [2.05, 4.69) is 15.3 Å². The van der Waals surface area contributed by atoms with E-state index in [-0.39, 0.29) is 23.0 Å². The number of ether oxygens (including phenoxy) is 2. The van der Waals surface area contributed by atoms with Crippen LogP contribution in [0.4, 0.5) is 5.82 Å². The van der Waals surface area contributed by atoms with E-state index in [1.165, 1.54) is 20.4 Å². The fourth-order valence-corrected chi connectivity index (χ4v) is 3.52. The van der Waals surface area contributed by atoms with Crippen LogP contribution in [0.3, 0.4) is 0 Å². The summed E-state index contributed by atoms with van der Waals surface area (Å²) in [6.07, 6.45) is 1.47. The smallest absolute Gasteiger partial charge is 0.251 e. The lowest BCUT2D eigenvalue weighted by Crippen LogP contribution is -2.22. The summed E-state index contributed by atoms with van der Waals surface area (Å²) in [6.45, 7) is 0.411. The molecule has 3 aromatic carbocycles. The molecule has 1 amide bonds. The Hall–Kier alpha value is -4.72. The number of amides is 1. The molecule has 0 aliphatic carbocycles. The molecule has 8 heteroatoms. The zero-order chi connectivity index (χ0) is 24.8. The number of nitrogens with zero attached hydrogens (tertiary/aromatic N) is 2. The first-order valence-corrected chi connectivity index (χ1v) is 10.8. The van der Waals surface area contributed by atoms with Gasteiger partial charge in [-0.15, -0.1) is 0 Å². The minimum absolute atomic E-state index is 0.00613. The lowest BCUT2D eigenvalue weighted by atomic mass is 10.0. The van der Waals surface area contributed by atoms with Gasteiger partial charge in [0.2, 0.25) is 5.78 Å². The normalized spacial score (nSPS) is 10.5. The molecule has 3 N–H and O–H groups in total. The Kier molecular flexibility index (Phi) is 7.02. The fraction of sp³-hybridized carbons (Fsp3) is 0.111. The number of aromatic nitrogens is 2. The summed E-state index contributed by atoms with van der Waals surface area (Å²) in [5, 5.41) is 2.90. The van der Waals surface area contributed by atoms with Crippen LogP contribution in [0.2, 0.25) is 0 Å². The van der Waals surface area contributed by atoms with Crippen LogP contribution in [0.25, 0.3) is 11.3 Å². The molecule has 4 rings (SSSR count). The summed E-state index contributed by atoms with van der Waals surface area (Å²) >= 11 is 0. The van der Waals surface area contributed by atoms with E-state index in [1.54, 1.807) is 42.5 Å². The second-order valence-electron chi connectivity index (χ2n) is 7.63. The molecular formula is C27H24N4O4. The lowest BCUT2D eigenvalue weighted by Gasteiger charge is -2.11. The number of carbonyl (C=O) groups is 2. The number of benzene rings is 3. The highest BCUT2D eigenvalue weighted by molar-refractivity contribution is 6.12. The molecule has 0 aliphatic heterocycles. The Morgan fingerprint density at radius 2 is 1.74 bits per heavy atom. The quantitative estimate of drug-likeness (QED) is 0.377. The maximum atomic E-state index is 13.3. The SMILES string of the molecule is COc1ccc(C(=O)c2nc(-c3cccc(C(=O)NCc4ccccc4)c3)cnc2N)c(OC)c1. The number of rotatable bonds is 8. The number of anilines is 1. The molecule has 0 fully saturated rings. The molecule has 1 aromatic heterocycles. The standard InChI is InChI=1S/C27H24N4O4/c1-34-20-11-12-21(23(14-20)35-2)25(32)24-26(28)29-16-22(31-24)18-9-6-10-19(13-18)27(33)30-15-17-7-4-3-5-8-17/h3-14,16H,15H2,1-2H3,(H2,28,29)(H,30,33). The van der Waals surface area contributed by atoms with E-state index < -0.39 is 5.78 Å². The Morgan fingerprint density at radius 3 is 2.49 bits per heavy atom. The molecule has 8 nitrogen and oxygen atoms in total. The van der Waals surface area contributed by atoms with Gasteiger partial charge in [0, 0.05) is 23.7 Å². The summed E-state index contributed by atoms with van der Waals surface area (Å²) in [4.78, 5) is 34.6. The highest BCUT2D eigenvalue weighted by atomic mass is 16.5. The third-order valence-electron chi connectivity index (χ3n) is 5.39. The van der Waals surface area contributed by atoms with E-state index in [9.17, 15) is 9.59 Å². The summed E-state index contributed by atoms with van der Waals surface area (Å²) in [5.74, 6) is 0.214. The van der Waals surface area contributed by atoms with Crippen LogP contribution in [0.15, 0.2) is 79.0 Å². The van der Waals surface area contributed by atoms with E-state index in [4.69, 9.17) is 15.2 Å². The zero-order valence-corrected chi connectivity index (χ0v) is 19.3. The minimum Gasteiger partial charge on any atom is -0.497 e. The molecular weight excluding hydrogens is 444 g/mol. The largest absolute Gasteiger partial charge is 0.497 e. The Balaban J connectivity index is 1.60. The average Bonchev–Trinajstić information content (AvgIpc) is 2.91. The van der Waals surface area contributed by atoms with Crippen molar-refractivity contribution >= 4 is 17.5 Å². The molecule has 0 radical (unpaired) electrons. The average molecular weight is 469 g/mol. The van der Waals surface area contributed by atoms with Crippen LogP contribution in [0.5, 0.6) is 11.5 Å². The van der Waals surface area contributed by atoms with Crippen LogP contribution in [0, 0.1) is 0 Å². The van der Waals surface area contributed by atoms with E-state index >= 15 is 0 Å². The molecule has 0 bridgehead atoms. The van der Waals surface area contributed by atoms with Crippen molar-refractivity contribution in [3.8, 4) is 22.8 Å². The van der Waals surface area contributed by atoms with Gasteiger partial charge in [0.1, 0.15) is 11.5 Å². The van der Waals surface area contributed by atoms with Crippen molar-refractivity contribution in [1.82, 2.24) is 15.3 Å². The molecule has 0 saturated heterocycles. The van der Waals surface area contributed by atoms with E-state index in [0.29, 0.717) is 34.9 Å². The Morgan fingerprint density at radius 1 is 0.943 bits per heavy atom. The summed E-state index contributed by atoms with van der Waals surface area (Å²) < 4.78 is 10.5. The molecule has 0 spiro atoms. The molecule has 0 atom stereocenters. The molecule has 0 unspecified atom stereocenters. The first-order chi connectivity index (χ1) is 17.0. The molecule has 0 aliphatic rings. The number of methoxy groups -OCH3 is 2. The van der Waals surface area contributed by atoms with Crippen molar-refractivity contribution in [1.29, 1.82) is 0 Å². The highest BCUT2D eigenvalue weighted by Gasteiger charge is 2.21. The van der Waals surface area contributed by atoms with Gasteiger partial charge in [-0.2, -0.15) is 0 Å². The Labute approximate surface area is 202 Å². The summed E-state index contributed by atoms with van der Waals surface area (Å²) in [6, 6.07) is 21.4. The number of hydrogen-bond donors (Lipinski definition) is 2. The zero-order valence-electron chi connectivity index (χ0n) is 19.3. The van der Waals surface area contributed by atoms with Gasteiger partial charge in [-0.1, -0.05) is 42.5 Å². The number of ketones is 1. The lowest BCUT2D eigenvalue weighted by molar-refractivity contribution is 0.0950. The van der Waals surface area contributed by atoms with Gasteiger partial charge < -0.3 is 20.5 Å². The van der Waals surface area contributed by atoms with Crippen molar-refractivity contribution < 1.29 is 19.1 Å². The van der Waals surface area contributed by atoms with Gasteiger partial charge in [-0.3, -0.25) is 9.59 Å². The highest BCUT2D eigenvalue weighted by Crippen LogP contribution is 2.28. The first-order valence-electron chi connectivity index (χ1n) is 10.8. The van der Waals surface area contributed by atoms with Crippen LogP contribution < -0.4 is 20.5 Å². The van der Waals surface area contributed by atoms with Crippen molar-refractivity contribution in [2.24, 2.45) is 0 Å². The van der Waals surface area contributed by atoms with Gasteiger partial charge in [0.15, 0.2) is 11.5 Å². The van der Waals surface area contributed by atoms with Crippen LogP contribution in [0.1, 0.15) is 32.0 Å². The number of hydrogen-bond acceptors (Lipinski definition) is 7. The molecule has 0 saturated carbocycles. The minimum atomic E-state index is -0.437. The number of nitrogens with two attached hydrogens (primary N) is 1. The van der Waals surface area contributed by atoms with Gasteiger partial charge in [-0.05, 0) is 29.8 Å². The first kappa shape index (κ1) is 23.4. The monoisotopic (exact) mass is 468 g/mol. The Bertz CT molecular complexity index is 1370.